The molecular weight excluding hydrogens is 371 g/mol. The first kappa shape index (κ1) is 15.4. The van der Waals surface area contributed by atoms with Crippen LogP contribution in [0.1, 0.15) is 33.6 Å². The normalized spacial score (nSPS) is 22.6. The van der Waals surface area contributed by atoms with Gasteiger partial charge in [0.25, 0.3) is 0 Å². The van der Waals surface area contributed by atoms with Crippen LogP contribution in [0.5, 0.6) is 0 Å². The van der Waals surface area contributed by atoms with Crippen molar-refractivity contribution in [3.63, 3.8) is 0 Å². The first-order chi connectivity index (χ1) is 9.01. The molecule has 2 nitrogen and oxygen atoms in total. The highest BCUT2D eigenvalue weighted by atomic mass is 127. The first-order valence-electron chi connectivity index (χ1n) is 6.98. The van der Waals surface area contributed by atoms with Gasteiger partial charge in [0.2, 0.25) is 0 Å². The maximum Gasteiger partial charge on any atom is 0.0650 e. The molecule has 4 heteroatoms. The van der Waals surface area contributed by atoms with Gasteiger partial charge in [0.05, 0.1) is 10.7 Å². The minimum absolute atomic E-state index is 0.221. The molecule has 1 fully saturated rings. The van der Waals surface area contributed by atoms with Crippen molar-refractivity contribution in [2.75, 3.05) is 18.0 Å². The van der Waals surface area contributed by atoms with Gasteiger partial charge in [-0.05, 0) is 60.6 Å². The van der Waals surface area contributed by atoms with E-state index in [0.717, 1.165) is 31.0 Å². The second-order valence-electron chi connectivity index (χ2n) is 5.44. The van der Waals surface area contributed by atoms with Crippen molar-refractivity contribution >= 4 is 39.9 Å². The van der Waals surface area contributed by atoms with Crippen LogP contribution < -0.4 is 10.2 Å². The summed E-state index contributed by atoms with van der Waals surface area (Å²) in [5.41, 5.74) is 1.39. The Bertz CT molecular complexity index is 446. The summed E-state index contributed by atoms with van der Waals surface area (Å²) in [6.45, 7) is 8.84. The molecule has 1 atom stereocenters. The van der Waals surface area contributed by atoms with E-state index in [4.69, 9.17) is 11.6 Å². The molecule has 0 amide bonds. The SMILES string of the molecule is CCC1(CC)CN(c2ccc(I)cc2Cl)C(C)CN1. The quantitative estimate of drug-likeness (QED) is 0.772. The lowest BCUT2D eigenvalue weighted by Gasteiger charge is -2.48. The molecule has 1 heterocycles. The second kappa shape index (κ2) is 6.19. The van der Waals surface area contributed by atoms with Crippen molar-refractivity contribution in [2.45, 2.75) is 45.2 Å². The van der Waals surface area contributed by atoms with E-state index in [9.17, 15) is 0 Å². The number of piperazine rings is 1. The molecule has 0 bridgehead atoms. The zero-order valence-corrected chi connectivity index (χ0v) is 14.8. The topological polar surface area (TPSA) is 15.3 Å². The van der Waals surface area contributed by atoms with Crippen molar-refractivity contribution in [3.05, 3.63) is 26.8 Å². The van der Waals surface area contributed by atoms with Gasteiger partial charge in [-0.25, -0.2) is 0 Å². The molecule has 0 aromatic heterocycles. The van der Waals surface area contributed by atoms with Gasteiger partial charge in [0.15, 0.2) is 0 Å². The molecule has 1 aromatic carbocycles. The van der Waals surface area contributed by atoms with Crippen LogP contribution in [0.25, 0.3) is 0 Å². The lowest BCUT2D eigenvalue weighted by atomic mass is 9.88. The first-order valence-corrected chi connectivity index (χ1v) is 8.43. The Morgan fingerprint density at radius 3 is 2.68 bits per heavy atom. The molecule has 0 aliphatic carbocycles. The van der Waals surface area contributed by atoms with Crippen molar-refractivity contribution in [3.8, 4) is 0 Å². The van der Waals surface area contributed by atoms with Crippen molar-refractivity contribution in [2.24, 2.45) is 0 Å². The Balaban J connectivity index is 2.31. The van der Waals surface area contributed by atoms with Crippen LogP contribution in [0.4, 0.5) is 5.69 Å². The minimum atomic E-state index is 0.221. The van der Waals surface area contributed by atoms with Crippen LogP contribution in [0.15, 0.2) is 18.2 Å². The Labute approximate surface area is 135 Å². The van der Waals surface area contributed by atoms with E-state index in [1.54, 1.807) is 0 Å². The third-order valence-corrected chi connectivity index (χ3v) is 5.32. The van der Waals surface area contributed by atoms with Gasteiger partial charge < -0.3 is 10.2 Å². The summed E-state index contributed by atoms with van der Waals surface area (Å²) < 4.78 is 1.19. The maximum absolute atomic E-state index is 6.44. The van der Waals surface area contributed by atoms with Crippen LogP contribution in [-0.2, 0) is 0 Å². The molecule has 1 aliphatic rings. The van der Waals surface area contributed by atoms with E-state index in [2.05, 4.69) is 65.7 Å². The highest BCUT2D eigenvalue weighted by molar-refractivity contribution is 14.1. The Morgan fingerprint density at radius 1 is 1.42 bits per heavy atom. The maximum atomic E-state index is 6.44. The standard InChI is InChI=1S/C15H22ClIN2/c1-4-15(5-2)10-19(11(3)9-18-15)14-7-6-12(17)8-13(14)16/h6-8,11,18H,4-5,9-10H2,1-3H3. The molecule has 0 radical (unpaired) electrons. The van der Waals surface area contributed by atoms with Crippen molar-refractivity contribution in [1.29, 1.82) is 0 Å². The van der Waals surface area contributed by atoms with Gasteiger partial charge in [-0.15, -0.1) is 0 Å². The number of hydrogen-bond donors (Lipinski definition) is 1. The Hall–Kier alpha value is -0.000000000000000132. The van der Waals surface area contributed by atoms with E-state index < -0.39 is 0 Å². The van der Waals surface area contributed by atoms with E-state index in [-0.39, 0.29) is 5.54 Å². The number of rotatable bonds is 3. The van der Waals surface area contributed by atoms with Crippen LogP contribution in [0.2, 0.25) is 5.02 Å². The predicted molar refractivity (Wildman–Crippen MR) is 92.3 cm³/mol. The average Bonchev–Trinajstić information content (AvgIpc) is 2.41. The summed E-state index contributed by atoms with van der Waals surface area (Å²) in [7, 11) is 0. The van der Waals surface area contributed by atoms with Gasteiger partial charge in [-0.2, -0.15) is 0 Å². The molecular formula is C15H22ClIN2. The van der Waals surface area contributed by atoms with Gasteiger partial charge in [0.1, 0.15) is 0 Å². The predicted octanol–water partition coefficient (Wildman–Crippen LogP) is 4.30. The van der Waals surface area contributed by atoms with Gasteiger partial charge >= 0.3 is 0 Å². The van der Waals surface area contributed by atoms with Crippen molar-refractivity contribution in [1.82, 2.24) is 5.32 Å². The molecule has 0 saturated carbocycles. The summed E-state index contributed by atoms with van der Waals surface area (Å²) in [5.74, 6) is 0. The van der Waals surface area contributed by atoms with Crippen LogP contribution in [-0.4, -0.2) is 24.7 Å². The van der Waals surface area contributed by atoms with Gasteiger partial charge in [0, 0.05) is 28.2 Å². The smallest absolute Gasteiger partial charge is 0.0650 e. The van der Waals surface area contributed by atoms with Gasteiger partial charge in [-0.3, -0.25) is 0 Å². The molecule has 106 valence electrons. The lowest BCUT2D eigenvalue weighted by Crippen LogP contribution is -2.63. The molecule has 19 heavy (non-hydrogen) atoms. The Kier molecular flexibility index (Phi) is 5.01. The highest BCUT2D eigenvalue weighted by Crippen LogP contribution is 2.33. The third kappa shape index (κ3) is 3.19. The number of halogens is 2. The van der Waals surface area contributed by atoms with E-state index >= 15 is 0 Å². The second-order valence-corrected chi connectivity index (χ2v) is 7.09. The molecule has 2 rings (SSSR count). The average molecular weight is 393 g/mol. The Morgan fingerprint density at radius 2 is 2.11 bits per heavy atom. The van der Waals surface area contributed by atoms with E-state index in [0.29, 0.717) is 6.04 Å². The highest BCUT2D eigenvalue weighted by Gasteiger charge is 2.35. The summed E-state index contributed by atoms with van der Waals surface area (Å²) in [6, 6.07) is 6.81. The number of anilines is 1. The number of benzene rings is 1. The lowest BCUT2D eigenvalue weighted by molar-refractivity contribution is 0.254. The summed E-state index contributed by atoms with van der Waals surface area (Å²) in [6.07, 6.45) is 2.30. The molecule has 1 N–H and O–H groups in total. The minimum Gasteiger partial charge on any atom is -0.364 e. The summed E-state index contributed by atoms with van der Waals surface area (Å²) in [5, 5.41) is 4.59. The fraction of sp³-hybridized carbons (Fsp3) is 0.600. The summed E-state index contributed by atoms with van der Waals surface area (Å²) in [4.78, 5) is 2.46. The zero-order valence-electron chi connectivity index (χ0n) is 11.8. The van der Waals surface area contributed by atoms with Crippen LogP contribution in [0, 0.1) is 3.57 Å². The molecule has 1 aliphatic heterocycles. The number of nitrogens with one attached hydrogen (secondary N) is 1. The van der Waals surface area contributed by atoms with Crippen LogP contribution in [0.3, 0.4) is 0 Å². The fourth-order valence-electron chi connectivity index (χ4n) is 2.77. The van der Waals surface area contributed by atoms with Crippen molar-refractivity contribution < 1.29 is 0 Å². The van der Waals surface area contributed by atoms with E-state index in [1.165, 1.54) is 9.26 Å². The molecule has 0 spiro atoms. The number of hydrogen-bond acceptors (Lipinski definition) is 2. The number of nitrogens with zero attached hydrogens (tertiary/aromatic N) is 1. The summed E-state index contributed by atoms with van der Waals surface area (Å²) >= 11 is 8.75. The van der Waals surface area contributed by atoms with Gasteiger partial charge in [-0.1, -0.05) is 25.4 Å². The zero-order chi connectivity index (χ0) is 14.0. The molecule has 1 unspecified atom stereocenters. The van der Waals surface area contributed by atoms with E-state index in [1.807, 2.05) is 6.07 Å². The molecule has 1 saturated heterocycles. The third-order valence-electron chi connectivity index (χ3n) is 4.35. The largest absolute Gasteiger partial charge is 0.364 e. The molecule has 1 aromatic rings. The fourth-order valence-corrected chi connectivity index (χ4v) is 3.74. The monoisotopic (exact) mass is 392 g/mol. The van der Waals surface area contributed by atoms with Crippen LogP contribution >= 0.6 is 34.2 Å².